The lowest BCUT2D eigenvalue weighted by atomic mass is 10.3. The van der Waals surface area contributed by atoms with Crippen molar-refractivity contribution >= 4 is 21.9 Å². The Morgan fingerprint density at radius 3 is 1.88 bits per heavy atom. The van der Waals surface area contributed by atoms with E-state index in [9.17, 15) is 31.1 Å². The minimum atomic E-state index is -5.89. The standard InChI is InChI=1S/C6H5BrF6O3/c1-2(3(14)15)16-6(12,13)4(8,9)5(7,10)11/h2H,1H3,(H,14,15). The Hall–Kier alpha value is -0.510. The van der Waals surface area contributed by atoms with Gasteiger partial charge in [0.05, 0.1) is 0 Å². The maximum Gasteiger partial charge on any atom is 0.427 e. The summed E-state index contributed by atoms with van der Waals surface area (Å²) in [5, 5.41) is 8.11. The van der Waals surface area contributed by atoms with Crippen molar-refractivity contribution in [2.45, 2.75) is 29.9 Å². The highest BCUT2D eigenvalue weighted by atomic mass is 79.9. The third-order valence-corrected chi connectivity index (χ3v) is 1.89. The van der Waals surface area contributed by atoms with E-state index in [0.29, 0.717) is 6.92 Å². The fraction of sp³-hybridized carbons (Fsp3) is 0.833. The first-order valence-electron chi connectivity index (χ1n) is 3.56. The highest BCUT2D eigenvalue weighted by molar-refractivity contribution is 9.10. The molecule has 0 rings (SSSR count). The molecule has 0 heterocycles. The summed E-state index contributed by atoms with van der Waals surface area (Å²) in [4.78, 5) is 4.82. The van der Waals surface area contributed by atoms with Gasteiger partial charge in [0.25, 0.3) is 0 Å². The van der Waals surface area contributed by atoms with E-state index in [0.717, 1.165) is 15.9 Å². The van der Waals surface area contributed by atoms with Gasteiger partial charge < -0.3 is 9.84 Å². The summed E-state index contributed by atoms with van der Waals surface area (Å²) in [6.07, 6.45) is -7.99. The van der Waals surface area contributed by atoms with Gasteiger partial charge in [-0.25, -0.2) is 4.79 Å². The summed E-state index contributed by atoms with van der Waals surface area (Å²) in [6.45, 7) is 0.499. The molecular weight excluding hydrogens is 314 g/mol. The smallest absolute Gasteiger partial charge is 0.427 e. The average molecular weight is 319 g/mol. The normalized spacial score (nSPS) is 16.0. The second-order valence-electron chi connectivity index (χ2n) is 2.69. The molecule has 1 unspecified atom stereocenters. The zero-order chi connectivity index (χ0) is 13.4. The summed E-state index contributed by atoms with van der Waals surface area (Å²) >= 11 is 1.07. The van der Waals surface area contributed by atoms with E-state index in [1.54, 1.807) is 0 Å². The largest absolute Gasteiger partial charge is 0.479 e. The Morgan fingerprint density at radius 2 is 1.62 bits per heavy atom. The predicted molar refractivity (Wildman–Crippen MR) is 42.0 cm³/mol. The molecule has 0 aliphatic heterocycles. The van der Waals surface area contributed by atoms with Crippen molar-refractivity contribution in [3.8, 4) is 0 Å². The SMILES string of the molecule is CC(OC(F)(F)C(F)(F)C(F)(F)Br)C(=O)O. The van der Waals surface area contributed by atoms with E-state index in [1.807, 2.05) is 0 Å². The number of ether oxygens (including phenoxy) is 1. The number of alkyl halides is 7. The minimum absolute atomic E-state index is 0.499. The van der Waals surface area contributed by atoms with Gasteiger partial charge in [-0.15, -0.1) is 0 Å². The lowest BCUT2D eigenvalue weighted by Gasteiger charge is -2.29. The Balaban J connectivity index is 4.99. The Bertz CT molecular complexity index is 276. The quantitative estimate of drug-likeness (QED) is 0.626. The number of carboxylic acid groups (broad SMARTS) is 1. The minimum Gasteiger partial charge on any atom is -0.479 e. The van der Waals surface area contributed by atoms with Crippen LogP contribution in [-0.4, -0.2) is 34.0 Å². The van der Waals surface area contributed by atoms with Crippen molar-refractivity contribution in [1.29, 1.82) is 0 Å². The van der Waals surface area contributed by atoms with E-state index in [-0.39, 0.29) is 0 Å². The summed E-state index contributed by atoms with van der Waals surface area (Å²) in [5.41, 5.74) is 0. The molecule has 0 aromatic carbocycles. The zero-order valence-electron chi connectivity index (χ0n) is 7.49. The summed E-state index contributed by atoms with van der Waals surface area (Å²) in [7, 11) is 0. The van der Waals surface area contributed by atoms with E-state index in [1.165, 1.54) is 0 Å². The molecule has 16 heavy (non-hydrogen) atoms. The Morgan fingerprint density at radius 1 is 1.25 bits per heavy atom. The summed E-state index contributed by atoms with van der Waals surface area (Å²) in [6, 6.07) is 0. The van der Waals surface area contributed by atoms with Crippen LogP contribution in [0.1, 0.15) is 6.92 Å². The molecular formula is C6H5BrF6O3. The van der Waals surface area contributed by atoms with Gasteiger partial charge in [-0.3, -0.25) is 0 Å². The van der Waals surface area contributed by atoms with Crippen LogP contribution in [0.5, 0.6) is 0 Å². The van der Waals surface area contributed by atoms with Crippen LogP contribution in [0.3, 0.4) is 0 Å². The molecule has 0 aromatic rings. The van der Waals surface area contributed by atoms with Crippen LogP contribution < -0.4 is 0 Å². The van der Waals surface area contributed by atoms with Crippen LogP contribution >= 0.6 is 15.9 Å². The van der Waals surface area contributed by atoms with Crippen LogP contribution in [0.4, 0.5) is 26.3 Å². The number of rotatable bonds is 5. The van der Waals surface area contributed by atoms with Crippen LogP contribution in [-0.2, 0) is 9.53 Å². The third-order valence-electron chi connectivity index (χ3n) is 1.39. The molecule has 1 N–H and O–H groups in total. The molecule has 0 amide bonds. The molecule has 0 bridgehead atoms. The molecule has 0 spiro atoms. The lowest BCUT2D eigenvalue weighted by molar-refractivity contribution is -0.386. The van der Waals surface area contributed by atoms with E-state index in [2.05, 4.69) is 4.74 Å². The molecule has 0 aliphatic rings. The van der Waals surface area contributed by atoms with Crippen LogP contribution in [0.15, 0.2) is 0 Å². The van der Waals surface area contributed by atoms with Gasteiger partial charge in [0, 0.05) is 0 Å². The van der Waals surface area contributed by atoms with Crippen molar-refractivity contribution in [3.63, 3.8) is 0 Å². The third kappa shape index (κ3) is 3.00. The number of aliphatic carboxylic acids is 1. The van der Waals surface area contributed by atoms with Crippen molar-refractivity contribution in [2.24, 2.45) is 0 Å². The molecule has 0 saturated heterocycles. The molecule has 0 aromatic heterocycles. The van der Waals surface area contributed by atoms with Crippen molar-refractivity contribution in [3.05, 3.63) is 0 Å². The molecule has 0 radical (unpaired) electrons. The lowest BCUT2D eigenvalue weighted by Crippen LogP contribution is -2.54. The fourth-order valence-corrected chi connectivity index (χ4v) is 0.742. The monoisotopic (exact) mass is 318 g/mol. The van der Waals surface area contributed by atoms with Crippen LogP contribution in [0, 0.1) is 0 Å². The molecule has 0 aliphatic carbocycles. The van der Waals surface area contributed by atoms with Crippen LogP contribution in [0.25, 0.3) is 0 Å². The first-order valence-corrected chi connectivity index (χ1v) is 4.35. The predicted octanol–water partition coefficient (Wildman–Crippen LogP) is 2.69. The Kier molecular flexibility index (Phi) is 4.26. The number of carbonyl (C=O) groups is 1. The molecule has 0 fully saturated rings. The second kappa shape index (κ2) is 4.40. The molecule has 1 atom stereocenters. The van der Waals surface area contributed by atoms with Crippen molar-refractivity contribution in [1.82, 2.24) is 0 Å². The molecule has 3 nitrogen and oxygen atoms in total. The van der Waals surface area contributed by atoms with Gasteiger partial charge in [0.2, 0.25) is 0 Å². The first-order chi connectivity index (χ1) is 6.83. The maximum absolute atomic E-state index is 12.6. The summed E-state index contributed by atoms with van der Waals surface area (Å²) < 4.78 is 77.4. The topological polar surface area (TPSA) is 46.5 Å². The number of hydrogen-bond acceptors (Lipinski definition) is 2. The average Bonchev–Trinajstić information content (AvgIpc) is 2.00. The fourth-order valence-electron chi connectivity index (χ4n) is 0.511. The van der Waals surface area contributed by atoms with Gasteiger partial charge in [-0.05, 0) is 22.9 Å². The van der Waals surface area contributed by atoms with Gasteiger partial charge in [-0.2, -0.15) is 26.3 Å². The van der Waals surface area contributed by atoms with Crippen molar-refractivity contribution < 1.29 is 41.0 Å². The maximum atomic E-state index is 12.6. The van der Waals surface area contributed by atoms with Gasteiger partial charge in [-0.1, -0.05) is 0 Å². The Labute approximate surface area is 93.5 Å². The van der Waals surface area contributed by atoms with Gasteiger partial charge in [0.1, 0.15) is 0 Å². The highest BCUT2D eigenvalue weighted by Gasteiger charge is 2.72. The summed E-state index contributed by atoms with van der Waals surface area (Å²) in [5.74, 6) is -7.88. The number of hydrogen-bond donors (Lipinski definition) is 1. The second-order valence-corrected chi connectivity index (χ2v) is 3.68. The number of halogens is 7. The van der Waals surface area contributed by atoms with Crippen LogP contribution in [0.2, 0.25) is 0 Å². The van der Waals surface area contributed by atoms with Gasteiger partial charge >= 0.3 is 22.8 Å². The van der Waals surface area contributed by atoms with E-state index in [4.69, 9.17) is 5.11 Å². The molecule has 96 valence electrons. The van der Waals surface area contributed by atoms with E-state index < -0.39 is 28.9 Å². The highest BCUT2D eigenvalue weighted by Crippen LogP contribution is 2.49. The van der Waals surface area contributed by atoms with Crippen molar-refractivity contribution in [2.75, 3.05) is 0 Å². The van der Waals surface area contributed by atoms with E-state index >= 15 is 0 Å². The molecule has 0 saturated carbocycles. The molecule has 10 heteroatoms. The van der Waals surface area contributed by atoms with Gasteiger partial charge in [0.15, 0.2) is 6.10 Å². The first kappa shape index (κ1) is 15.5. The number of carboxylic acids is 1. The zero-order valence-corrected chi connectivity index (χ0v) is 9.07.